The fraction of sp³-hybridized carbons (Fsp3) is 0.519. The number of piperidine rings is 1. The molecule has 0 aliphatic carbocycles. The van der Waals surface area contributed by atoms with Gasteiger partial charge in [0, 0.05) is 44.6 Å². The van der Waals surface area contributed by atoms with E-state index in [0.29, 0.717) is 25.1 Å². The van der Waals surface area contributed by atoms with Gasteiger partial charge < -0.3 is 9.64 Å². The zero-order valence-corrected chi connectivity index (χ0v) is 21.5. The Hall–Kier alpha value is -3.71. The van der Waals surface area contributed by atoms with Gasteiger partial charge in [0.05, 0.1) is 11.1 Å². The van der Waals surface area contributed by atoms with Crippen molar-refractivity contribution >= 4 is 29.7 Å². The summed E-state index contributed by atoms with van der Waals surface area (Å²) in [4.78, 5) is 66.5. The number of nitrogens with one attached hydrogen (secondary N) is 1. The maximum Gasteiger partial charge on any atom is 0.410 e. The van der Waals surface area contributed by atoms with Gasteiger partial charge in [-0.3, -0.25) is 34.3 Å². The molecule has 5 amide bonds. The van der Waals surface area contributed by atoms with Crippen LogP contribution in [-0.4, -0.2) is 88.8 Å². The van der Waals surface area contributed by atoms with E-state index in [-0.39, 0.29) is 30.1 Å². The van der Waals surface area contributed by atoms with E-state index in [1.807, 2.05) is 20.8 Å². The molecule has 0 radical (unpaired) electrons. The zero-order chi connectivity index (χ0) is 26.7. The van der Waals surface area contributed by atoms with E-state index in [0.717, 1.165) is 31.0 Å². The Morgan fingerprint density at radius 2 is 1.76 bits per heavy atom. The molecule has 1 N–H and O–H groups in total. The number of nitrogens with zero attached hydrogens (tertiary/aromatic N) is 3. The van der Waals surface area contributed by atoms with E-state index in [2.05, 4.69) is 22.1 Å². The molecule has 3 heterocycles. The average molecular weight is 509 g/mol. The first-order chi connectivity index (χ1) is 17.5. The molecule has 0 saturated carbocycles. The molecule has 1 aromatic carbocycles. The van der Waals surface area contributed by atoms with Crippen molar-refractivity contribution in [1.82, 2.24) is 20.0 Å². The van der Waals surface area contributed by atoms with E-state index < -0.39 is 35.3 Å². The molecule has 3 aliphatic rings. The molecule has 37 heavy (non-hydrogen) atoms. The molecule has 1 atom stereocenters. The number of carbonyl (C=O) groups excluding carboxylic acids is 5. The van der Waals surface area contributed by atoms with Gasteiger partial charge in [-0.15, -0.1) is 0 Å². The number of benzene rings is 1. The lowest BCUT2D eigenvalue weighted by Crippen LogP contribution is -2.54. The number of ether oxygens (including phenoxy) is 1. The lowest BCUT2D eigenvalue weighted by Gasteiger charge is -2.35. The summed E-state index contributed by atoms with van der Waals surface area (Å²) in [5.41, 5.74) is 0.590. The van der Waals surface area contributed by atoms with Crippen LogP contribution >= 0.6 is 0 Å². The van der Waals surface area contributed by atoms with Crippen LogP contribution in [0.2, 0.25) is 0 Å². The largest absolute Gasteiger partial charge is 0.444 e. The van der Waals surface area contributed by atoms with Gasteiger partial charge in [0.25, 0.3) is 11.8 Å². The van der Waals surface area contributed by atoms with Crippen LogP contribution in [-0.2, 0) is 14.3 Å². The first-order valence-electron chi connectivity index (χ1n) is 12.6. The van der Waals surface area contributed by atoms with Crippen LogP contribution in [0.5, 0.6) is 0 Å². The summed E-state index contributed by atoms with van der Waals surface area (Å²) < 4.78 is 5.43. The Morgan fingerprint density at radius 3 is 2.43 bits per heavy atom. The van der Waals surface area contributed by atoms with Crippen molar-refractivity contribution in [3.05, 3.63) is 34.9 Å². The van der Waals surface area contributed by atoms with Crippen molar-refractivity contribution in [3.8, 4) is 11.8 Å². The molecule has 1 unspecified atom stereocenters. The Morgan fingerprint density at radius 1 is 1.05 bits per heavy atom. The second-order valence-electron chi connectivity index (χ2n) is 10.4. The fourth-order valence-corrected chi connectivity index (χ4v) is 4.58. The van der Waals surface area contributed by atoms with Gasteiger partial charge in [0.1, 0.15) is 11.6 Å². The molecular weight excluding hydrogens is 476 g/mol. The lowest BCUT2D eigenvalue weighted by molar-refractivity contribution is -0.136. The number of rotatable bonds is 4. The molecule has 4 rings (SSSR count). The minimum atomic E-state index is -0.981. The summed E-state index contributed by atoms with van der Waals surface area (Å²) in [5.74, 6) is 4.08. The number of amides is 5. The van der Waals surface area contributed by atoms with Gasteiger partial charge in [-0.1, -0.05) is 11.8 Å². The molecule has 196 valence electrons. The minimum Gasteiger partial charge on any atom is -0.444 e. The van der Waals surface area contributed by atoms with Crippen molar-refractivity contribution in [1.29, 1.82) is 0 Å². The lowest BCUT2D eigenvalue weighted by atomic mass is 10.0. The third kappa shape index (κ3) is 6.17. The first kappa shape index (κ1) is 26.4. The zero-order valence-electron chi connectivity index (χ0n) is 21.5. The highest BCUT2D eigenvalue weighted by atomic mass is 16.6. The Bertz CT molecular complexity index is 1180. The minimum absolute atomic E-state index is 0.0833. The summed E-state index contributed by atoms with van der Waals surface area (Å²) in [7, 11) is 0. The summed E-state index contributed by atoms with van der Waals surface area (Å²) >= 11 is 0. The highest BCUT2D eigenvalue weighted by Crippen LogP contribution is 2.28. The Balaban J connectivity index is 1.26. The normalized spacial score (nSPS) is 20.4. The van der Waals surface area contributed by atoms with E-state index >= 15 is 0 Å². The Labute approximate surface area is 216 Å². The summed E-state index contributed by atoms with van der Waals surface area (Å²) in [5, 5.41) is 2.19. The van der Waals surface area contributed by atoms with Crippen molar-refractivity contribution < 1.29 is 28.7 Å². The molecule has 0 bridgehead atoms. The van der Waals surface area contributed by atoms with Gasteiger partial charge in [-0.25, -0.2) is 4.79 Å². The number of imide groups is 2. The predicted octanol–water partition coefficient (Wildman–Crippen LogP) is 1.77. The van der Waals surface area contributed by atoms with Crippen LogP contribution < -0.4 is 5.32 Å². The maximum absolute atomic E-state index is 12.9. The van der Waals surface area contributed by atoms with Gasteiger partial charge in [-0.2, -0.15) is 0 Å². The summed E-state index contributed by atoms with van der Waals surface area (Å²) in [6, 6.07) is 3.87. The van der Waals surface area contributed by atoms with Crippen LogP contribution in [0.1, 0.15) is 72.7 Å². The predicted molar refractivity (Wildman–Crippen MR) is 133 cm³/mol. The van der Waals surface area contributed by atoms with E-state index in [9.17, 15) is 24.0 Å². The third-order valence-electron chi connectivity index (χ3n) is 6.47. The number of piperazine rings is 1. The topological polar surface area (TPSA) is 116 Å². The van der Waals surface area contributed by atoms with Crippen molar-refractivity contribution in [2.45, 2.75) is 58.1 Å². The summed E-state index contributed by atoms with van der Waals surface area (Å²) in [6.45, 7) is 9.30. The standard InChI is InChI=1S/C27H32N4O6/c1-27(2,3)37-26(36)30-15-13-29(14-16-30)12-6-4-5-7-18-8-9-19-20(17-18)25(35)31(24(19)34)21-10-11-22(32)28-23(21)33/h8-9,17,21H,4,6,10-16H2,1-3H3,(H,28,32,33). The number of unbranched alkanes of at least 4 members (excludes halogenated alkanes) is 1. The highest BCUT2D eigenvalue weighted by molar-refractivity contribution is 6.23. The van der Waals surface area contributed by atoms with Gasteiger partial charge in [0.15, 0.2) is 0 Å². The average Bonchev–Trinajstić information content (AvgIpc) is 3.08. The van der Waals surface area contributed by atoms with Crippen LogP contribution in [0.4, 0.5) is 4.79 Å². The number of fused-ring (bicyclic) bond motifs is 1. The van der Waals surface area contributed by atoms with E-state index in [4.69, 9.17) is 4.74 Å². The van der Waals surface area contributed by atoms with Crippen LogP contribution in [0, 0.1) is 11.8 Å². The number of carbonyl (C=O) groups is 5. The molecule has 3 aliphatic heterocycles. The monoisotopic (exact) mass is 508 g/mol. The van der Waals surface area contributed by atoms with Crippen LogP contribution in [0.3, 0.4) is 0 Å². The smallest absolute Gasteiger partial charge is 0.410 e. The molecular formula is C27H32N4O6. The van der Waals surface area contributed by atoms with Crippen LogP contribution in [0.25, 0.3) is 0 Å². The van der Waals surface area contributed by atoms with Gasteiger partial charge >= 0.3 is 6.09 Å². The second-order valence-corrected chi connectivity index (χ2v) is 10.4. The maximum atomic E-state index is 12.9. The molecule has 1 aromatic rings. The van der Waals surface area contributed by atoms with Crippen molar-refractivity contribution in [2.75, 3.05) is 32.7 Å². The molecule has 2 saturated heterocycles. The van der Waals surface area contributed by atoms with Crippen molar-refractivity contribution in [3.63, 3.8) is 0 Å². The van der Waals surface area contributed by atoms with E-state index in [1.165, 1.54) is 0 Å². The molecule has 0 spiro atoms. The highest BCUT2D eigenvalue weighted by Gasteiger charge is 2.44. The summed E-state index contributed by atoms with van der Waals surface area (Å²) in [6.07, 6.45) is 1.47. The van der Waals surface area contributed by atoms with Gasteiger partial charge in [-0.05, 0) is 58.4 Å². The molecule has 2 fully saturated rings. The first-order valence-corrected chi connectivity index (χ1v) is 12.6. The Kier molecular flexibility index (Phi) is 7.64. The molecule has 0 aromatic heterocycles. The molecule has 10 nitrogen and oxygen atoms in total. The second kappa shape index (κ2) is 10.7. The quantitative estimate of drug-likeness (QED) is 0.374. The fourth-order valence-electron chi connectivity index (χ4n) is 4.58. The number of hydrogen-bond donors (Lipinski definition) is 1. The van der Waals surface area contributed by atoms with Gasteiger partial charge in [0.2, 0.25) is 11.8 Å². The van der Waals surface area contributed by atoms with E-state index in [1.54, 1.807) is 23.1 Å². The van der Waals surface area contributed by atoms with Crippen LogP contribution in [0.15, 0.2) is 18.2 Å². The van der Waals surface area contributed by atoms with Crippen molar-refractivity contribution in [2.24, 2.45) is 0 Å². The SMILES string of the molecule is CC(C)(C)OC(=O)N1CCN(CCCC#Cc2ccc3c(c2)C(=O)N(C2CCC(=O)NC2=O)C3=O)CC1. The molecule has 10 heteroatoms. The third-order valence-corrected chi connectivity index (χ3v) is 6.47. The number of hydrogen-bond acceptors (Lipinski definition) is 7.